The average Bonchev–Trinajstić information content (AvgIpc) is 3.01. The fourth-order valence-electron chi connectivity index (χ4n) is 4.33. The lowest BCUT2D eigenvalue weighted by atomic mass is 10.1. The molecule has 44 heavy (non-hydrogen) atoms. The Kier molecular flexibility index (Phi) is 7.46. The molecular formula is C29H22N8O5S2. The minimum Gasteiger partial charge on any atom is -0.308 e. The lowest BCUT2D eigenvalue weighted by Crippen LogP contribution is -2.19. The quantitative estimate of drug-likeness (QED) is 0.184. The number of hydrogen-bond donors (Lipinski definition) is 4. The van der Waals surface area contributed by atoms with Crippen LogP contribution in [0.1, 0.15) is 0 Å². The third-order valence-corrected chi connectivity index (χ3v) is 9.07. The van der Waals surface area contributed by atoms with Gasteiger partial charge in [-0.2, -0.15) is 0 Å². The number of amides is 2. The van der Waals surface area contributed by atoms with E-state index >= 15 is 0 Å². The third kappa shape index (κ3) is 6.38. The van der Waals surface area contributed by atoms with Gasteiger partial charge in [0.05, 0.1) is 22.2 Å². The Labute approximate surface area is 251 Å². The van der Waals surface area contributed by atoms with Gasteiger partial charge < -0.3 is 10.6 Å². The highest BCUT2D eigenvalue weighted by Crippen LogP contribution is 2.26. The smallest absolute Gasteiger partial charge is 0.308 e. The maximum Gasteiger partial charge on any atom is 0.323 e. The van der Waals surface area contributed by atoms with Gasteiger partial charge >= 0.3 is 6.03 Å². The number of carbonyl (C=O) groups excluding carboxylic acids is 1. The molecule has 0 fully saturated rings. The number of aromatic nitrogens is 4. The van der Waals surface area contributed by atoms with Crippen LogP contribution in [0.2, 0.25) is 0 Å². The number of hydrogen-bond acceptors (Lipinski definition) is 9. The van der Waals surface area contributed by atoms with E-state index in [9.17, 15) is 21.6 Å². The van der Waals surface area contributed by atoms with Gasteiger partial charge in [-0.1, -0.05) is 24.3 Å². The van der Waals surface area contributed by atoms with Crippen LogP contribution in [-0.2, 0) is 20.0 Å². The maximum absolute atomic E-state index is 12.9. The van der Waals surface area contributed by atoms with Crippen molar-refractivity contribution in [2.24, 2.45) is 0 Å². The standard InChI is InChI=1S/C29H22N8O5S2/c38-29(34-23-5-1-19-3-7-25(15-21(19)13-23)43(39,40)36-27-17-30-9-11-32-27)35-24-6-2-20-4-8-26(16-22(20)14-24)44(41,42)37-28-18-31-10-12-33-28/h1-18H,(H,32,36)(H,33,37)(H2,34,35,38). The van der Waals surface area contributed by atoms with E-state index in [0.717, 1.165) is 10.8 Å². The molecular weight excluding hydrogens is 605 g/mol. The summed E-state index contributed by atoms with van der Waals surface area (Å²) in [5, 5.41) is 8.18. The van der Waals surface area contributed by atoms with Gasteiger partial charge in [-0.25, -0.2) is 31.6 Å². The zero-order valence-electron chi connectivity index (χ0n) is 22.5. The van der Waals surface area contributed by atoms with E-state index in [1.165, 1.54) is 61.4 Å². The van der Waals surface area contributed by atoms with E-state index < -0.39 is 26.1 Å². The number of carbonyl (C=O) groups is 1. The predicted octanol–water partition coefficient (Wildman–Crippen LogP) is 4.82. The fourth-order valence-corrected chi connectivity index (χ4v) is 6.39. The van der Waals surface area contributed by atoms with Gasteiger partial charge in [0.25, 0.3) is 20.0 Å². The predicted molar refractivity (Wildman–Crippen MR) is 166 cm³/mol. The molecule has 0 aliphatic rings. The largest absolute Gasteiger partial charge is 0.323 e. The molecule has 6 rings (SSSR count). The summed E-state index contributed by atoms with van der Waals surface area (Å²) >= 11 is 0. The molecule has 4 N–H and O–H groups in total. The van der Waals surface area contributed by atoms with Crippen LogP contribution in [-0.4, -0.2) is 42.8 Å². The van der Waals surface area contributed by atoms with Gasteiger partial charge in [-0.15, -0.1) is 0 Å². The monoisotopic (exact) mass is 626 g/mol. The summed E-state index contributed by atoms with van der Waals surface area (Å²) in [7, 11) is -7.85. The molecule has 0 radical (unpaired) electrons. The van der Waals surface area contributed by atoms with Gasteiger partial charge in [0.15, 0.2) is 11.6 Å². The van der Waals surface area contributed by atoms with Crippen LogP contribution in [0.4, 0.5) is 27.8 Å². The zero-order valence-corrected chi connectivity index (χ0v) is 24.2. The first-order valence-electron chi connectivity index (χ1n) is 12.9. The molecule has 2 aromatic heterocycles. The second kappa shape index (κ2) is 11.5. The molecule has 0 aliphatic heterocycles. The molecule has 0 atom stereocenters. The van der Waals surface area contributed by atoms with Crippen LogP contribution in [0.15, 0.2) is 120 Å². The highest BCUT2D eigenvalue weighted by Gasteiger charge is 2.17. The van der Waals surface area contributed by atoms with Gasteiger partial charge in [-0.05, 0) is 70.1 Å². The molecule has 0 unspecified atom stereocenters. The number of benzene rings is 4. The number of fused-ring (bicyclic) bond motifs is 2. The van der Waals surface area contributed by atoms with Crippen molar-refractivity contribution in [3.05, 3.63) is 110 Å². The number of urea groups is 1. The van der Waals surface area contributed by atoms with E-state index in [-0.39, 0.29) is 21.4 Å². The van der Waals surface area contributed by atoms with Gasteiger partial charge in [-0.3, -0.25) is 19.4 Å². The number of anilines is 4. The minimum absolute atomic E-state index is 0.0155. The summed E-state index contributed by atoms with van der Waals surface area (Å²) < 4.78 is 56.2. The van der Waals surface area contributed by atoms with Crippen molar-refractivity contribution >= 4 is 70.6 Å². The molecule has 6 aromatic rings. The molecule has 2 amide bonds. The summed E-state index contributed by atoms with van der Waals surface area (Å²) in [4.78, 5) is 28.5. The normalized spacial score (nSPS) is 11.6. The highest BCUT2D eigenvalue weighted by molar-refractivity contribution is 7.93. The Bertz CT molecular complexity index is 2080. The molecule has 0 spiro atoms. The van der Waals surface area contributed by atoms with Crippen LogP contribution >= 0.6 is 0 Å². The van der Waals surface area contributed by atoms with Crippen molar-refractivity contribution in [3.8, 4) is 0 Å². The first-order valence-corrected chi connectivity index (χ1v) is 15.8. The van der Waals surface area contributed by atoms with Crippen molar-refractivity contribution < 1.29 is 21.6 Å². The van der Waals surface area contributed by atoms with Gasteiger partial charge in [0.2, 0.25) is 0 Å². The topological polar surface area (TPSA) is 185 Å². The van der Waals surface area contributed by atoms with E-state index in [0.29, 0.717) is 22.1 Å². The lowest BCUT2D eigenvalue weighted by molar-refractivity contribution is 0.262. The zero-order chi connectivity index (χ0) is 30.7. The highest BCUT2D eigenvalue weighted by atomic mass is 32.2. The molecule has 0 saturated heterocycles. The van der Waals surface area contributed by atoms with E-state index in [2.05, 4.69) is 40.0 Å². The van der Waals surface area contributed by atoms with Gasteiger partial charge in [0, 0.05) is 36.2 Å². The fraction of sp³-hybridized carbons (Fsp3) is 0. The summed E-state index contributed by atoms with van der Waals surface area (Å²) in [6.07, 6.45) is 8.22. The Morgan fingerprint density at radius 2 is 0.955 bits per heavy atom. The molecule has 4 aromatic carbocycles. The molecule has 0 aliphatic carbocycles. The average molecular weight is 627 g/mol. The maximum atomic E-state index is 12.9. The molecule has 0 bridgehead atoms. The first-order chi connectivity index (χ1) is 21.1. The molecule has 0 saturated carbocycles. The van der Waals surface area contributed by atoms with Crippen LogP contribution in [0.5, 0.6) is 0 Å². The summed E-state index contributed by atoms with van der Waals surface area (Å²) in [5.74, 6) is 0.176. The summed E-state index contributed by atoms with van der Waals surface area (Å²) in [6.45, 7) is 0. The number of nitrogens with one attached hydrogen (secondary N) is 4. The van der Waals surface area contributed by atoms with Gasteiger partial charge in [0.1, 0.15) is 0 Å². The van der Waals surface area contributed by atoms with E-state index in [4.69, 9.17) is 0 Å². The van der Waals surface area contributed by atoms with E-state index in [1.54, 1.807) is 48.5 Å². The Balaban J connectivity index is 1.18. The molecule has 220 valence electrons. The van der Waals surface area contributed by atoms with Crippen molar-refractivity contribution in [1.29, 1.82) is 0 Å². The van der Waals surface area contributed by atoms with E-state index in [1.807, 2.05) is 0 Å². The second-order valence-electron chi connectivity index (χ2n) is 9.42. The lowest BCUT2D eigenvalue weighted by Gasteiger charge is -2.11. The molecule has 15 heteroatoms. The van der Waals surface area contributed by atoms with Crippen LogP contribution in [0, 0.1) is 0 Å². The minimum atomic E-state index is -3.93. The molecule has 2 heterocycles. The Hall–Kier alpha value is -5.67. The van der Waals surface area contributed by atoms with Crippen LogP contribution in [0.25, 0.3) is 21.5 Å². The second-order valence-corrected chi connectivity index (χ2v) is 12.8. The first kappa shape index (κ1) is 28.4. The molecule has 13 nitrogen and oxygen atoms in total. The number of nitrogens with zero attached hydrogens (tertiary/aromatic N) is 4. The van der Waals surface area contributed by atoms with Crippen LogP contribution < -0.4 is 20.1 Å². The van der Waals surface area contributed by atoms with Crippen molar-refractivity contribution in [3.63, 3.8) is 0 Å². The Morgan fingerprint density at radius 1 is 0.523 bits per heavy atom. The third-order valence-electron chi connectivity index (χ3n) is 6.36. The van der Waals surface area contributed by atoms with Crippen molar-refractivity contribution in [2.75, 3.05) is 20.1 Å². The Morgan fingerprint density at radius 3 is 1.36 bits per heavy atom. The summed E-state index contributed by atoms with van der Waals surface area (Å²) in [5.41, 5.74) is 0.853. The van der Waals surface area contributed by atoms with Crippen molar-refractivity contribution in [1.82, 2.24) is 19.9 Å². The van der Waals surface area contributed by atoms with Crippen LogP contribution in [0.3, 0.4) is 0 Å². The summed E-state index contributed by atoms with van der Waals surface area (Å²) in [6, 6.07) is 18.9. The van der Waals surface area contributed by atoms with Crippen molar-refractivity contribution in [2.45, 2.75) is 9.79 Å². The SMILES string of the molecule is O=C(Nc1ccc2ccc(S(=O)(=O)Nc3cnccn3)cc2c1)Nc1ccc2ccc(S(=O)(=O)Nc3cnccn3)cc2c1. The number of rotatable bonds is 8. The number of sulfonamides is 2.